The van der Waals surface area contributed by atoms with E-state index in [0.29, 0.717) is 52.0 Å². The number of fused-ring (bicyclic) bond motifs is 1. The van der Waals surface area contributed by atoms with Crippen LogP contribution in [0.25, 0.3) is 0 Å². The topological polar surface area (TPSA) is 73.9 Å². The van der Waals surface area contributed by atoms with E-state index in [0.717, 1.165) is 31.4 Å². The molecule has 0 radical (unpaired) electrons. The van der Waals surface area contributed by atoms with Crippen LogP contribution in [-0.4, -0.2) is 25.2 Å². The molecule has 0 saturated heterocycles. The van der Waals surface area contributed by atoms with E-state index < -0.39 is 11.9 Å². The molecular weight excluding hydrogens is 394 g/mol. The average molecular weight is 418 g/mol. The summed E-state index contributed by atoms with van der Waals surface area (Å²) in [4.78, 5) is 26.0. The molecule has 1 N–H and O–H groups in total. The van der Waals surface area contributed by atoms with Gasteiger partial charge in [0.1, 0.15) is 0 Å². The van der Waals surface area contributed by atoms with E-state index in [2.05, 4.69) is 5.32 Å². The Morgan fingerprint density at radius 1 is 1.28 bits per heavy atom. The monoisotopic (exact) mass is 417 g/mol. The Kier molecular flexibility index (Phi) is 5.54. The third kappa shape index (κ3) is 3.62. The maximum Gasteiger partial charge on any atom is 0.336 e. The number of allylic oxidation sites excluding steroid dienone is 3. The number of ether oxygens (including phenoxy) is 3. The highest BCUT2D eigenvalue weighted by Crippen LogP contribution is 2.47. The number of benzene rings is 1. The lowest BCUT2D eigenvalue weighted by molar-refractivity contribution is -0.139. The molecule has 1 aliphatic carbocycles. The van der Waals surface area contributed by atoms with E-state index in [1.54, 1.807) is 12.1 Å². The lowest BCUT2D eigenvalue weighted by Gasteiger charge is -2.34. The summed E-state index contributed by atoms with van der Waals surface area (Å²) in [5.41, 5.74) is 3.24. The van der Waals surface area contributed by atoms with E-state index in [9.17, 15) is 9.59 Å². The fourth-order valence-electron chi connectivity index (χ4n) is 4.11. The minimum atomic E-state index is -0.588. The first kappa shape index (κ1) is 19.8. The van der Waals surface area contributed by atoms with Crippen molar-refractivity contribution in [3.8, 4) is 11.5 Å². The van der Waals surface area contributed by atoms with Crippen LogP contribution in [0.15, 0.2) is 34.7 Å². The fraction of sp³-hybridized carbons (Fsp3) is 0.455. The second kappa shape index (κ2) is 8.11. The highest BCUT2D eigenvalue weighted by molar-refractivity contribution is 6.32. The van der Waals surface area contributed by atoms with Crippen LogP contribution in [0, 0.1) is 0 Å². The molecule has 0 amide bonds. The van der Waals surface area contributed by atoms with Crippen LogP contribution in [0.4, 0.5) is 0 Å². The summed E-state index contributed by atoms with van der Waals surface area (Å²) >= 11 is 6.60. The van der Waals surface area contributed by atoms with Gasteiger partial charge >= 0.3 is 5.97 Å². The van der Waals surface area contributed by atoms with Gasteiger partial charge in [0.2, 0.25) is 6.79 Å². The first-order chi connectivity index (χ1) is 14.0. The summed E-state index contributed by atoms with van der Waals surface area (Å²) in [6.45, 7) is 4.34. The van der Waals surface area contributed by atoms with Gasteiger partial charge in [-0.3, -0.25) is 4.79 Å². The van der Waals surface area contributed by atoms with Crippen molar-refractivity contribution in [3.05, 3.63) is 45.3 Å². The highest BCUT2D eigenvalue weighted by atomic mass is 35.5. The van der Waals surface area contributed by atoms with Gasteiger partial charge in [-0.2, -0.15) is 0 Å². The molecule has 0 unspecified atom stereocenters. The molecule has 154 valence electrons. The first-order valence-electron chi connectivity index (χ1n) is 10.0. The quantitative estimate of drug-likeness (QED) is 0.566. The molecule has 0 aromatic heterocycles. The van der Waals surface area contributed by atoms with Crippen LogP contribution in [0.1, 0.15) is 57.4 Å². The van der Waals surface area contributed by atoms with Crippen molar-refractivity contribution in [2.75, 3.05) is 13.4 Å². The number of carbonyl (C=O) groups excluding carboxylic acids is 2. The zero-order valence-electron chi connectivity index (χ0n) is 16.6. The average Bonchev–Trinajstić information content (AvgIpc) is 3.13. The van der Waals surface area contributed by atoms with Crippen molar-refractivity contribution in [2.45, 2.75) is 51.9 Å². The summed E-state index contributed by atoms with van der Waals surface area (Å²) < 4.78 is 16.5. The minimum Gasteiger partial charge on any atom is -0.462 e. The Hall–Kier alpha value is -2.47. The standard InChI is InChI=1S/C22H24ClNO5/c1-3-4-8-27-22(26)19-12(2)24-15-6-5-7-16(25)21(15)20(19)13-9-17-18(10-14(13)23)29-11-28-17/h9-10,20,24H,3-8,11H2,1-2H3/t20-/m0/s1. The summed E-state index contributed by atoms with van der Waals surface area (Å²) in [5.74, 6) is 0.139. The van der Waals surface area contributed by atoms with Crippen molar-refractivity contribution in [1.29, 1.82) is 0 Å². The molecule has 6 nitrogen and oxygen atoms in total. The van der Waals surface area contributed by atoms with Gasteiger partial charge in [0.05, 0.1) is 12.2 Å². The molecule has 0 spiro atoms. The molecule has 7 heteroatoms. The molecular formula is C22H24ClNO5. The number of unbranched alkanes of at least 4 members (excludes halogenated alkanes) is 1. The normalized spacial score (nSPS) is 20.5. The maximum absolute atomic E-state index is 13.0. The molecule has 0 saturated carbocycles. The van der Waals surface area contributed by atoms with Gasteiger partial charge in [-0.25, -0.2) is 4.79 Å². The number of Topliss-reactive ketones (excluding diaryl/α,β-unsaturated/α-hetero) is 1. The van der Waals surface area contributed by atoms with Crippen molar-refractivity contribution in [1.82, 2.24) is 5.32 Å². The summed E-state index contributed by atoms with van der Waals surface area (Å²) in [5, 5.41) is 3.71. The van der Waals surface area contributed by atoms with Crippen molar-refractivity contribution in [3.63, 3.8) is 0 Å². The van der Waals surface area contributed by atoms with E-state index in [1.807, 2.05) is 13.8 Å². The van der Waals surface area contributed by atoms with Gasteiger partial charge in [0.25, 0.3) is 0 Å². The fourth-order valence-corrected chi connectivity index (χ4v) is 4.37. The molecule has 1 aromatic rings. The largest absolute Gasteiger partial charge is 0.462 e. The van der Waals surface area contributed by atoms with Crippen LogP contribution >= 0.6 is 11.6 Å². The van der Waals surface area contributed by atoms with Crippen LogP contribution < -0.4 is 14.8 Å². The molecule has 1 aromatic carbocycles. The van der Waals surface area contributed by atoms with Gasteiger partial charge in [0, 0.05) is 40.4 Å². The second-order valence-electron chi connectivity index (χ2n) is 7.48. The number of esters is 1. The van der Waals surface area contributed by atoms with Crippen LogP contribution in [0.3, 0.4) is 0 Å². The Balaban J connectivity index is 1.82. The Morgan fingerprint density at radius 3 is 2.79 bits per heavy atom. The smallest absolute Gasteiger partial charge is 0.336 e. The SMILES string of the molecule is CCCCOC(=O)C1=C(C)NC2=C(C(=O)CCC2)[C@H]1c1cc2c(cc1Cl)OCO2. The van der Waals surface area contributed by atoms with Gasteiger partial charge in [-0.1, -0.05) is 24.9 Å². The highest BCUT2D eigenvalue weighted by Gasteiger charge is 2.40. The molecule has 4 rings (SSSR count). The predicted octanol–water partition coefficient (Wildman–Crippen LogP) is 4.38. The summed E-state index contributed by atoms with van der Waals surface area (Å²) in [6.07, 6.45) is 3.71. The molecule has 2 heterocycles. The molecule has 2 aliphatic heterocycles. The molecule has 29 heavy (non-hydrogen) atoms. The minimum absolute atomic E-state index is 0.0313. The Bertz CT molecular complexity index is 933. The summed E-state index contributed by atoms with van der Waals surface area (Å²) in [6, 6.07) is 3.46. The molecule has 0 fully saturated rings. The lowest BCUT2D eigenvalue weighted by atomic mass is 9.75. The van der Waals surface area contributed by atoms with Crippen molar-refractivity contribution in [2.24, 2.45) is 0 Å². The van der Waals surface area contributed by atoms with Crippen molar-refractivity contribution >= 4 is 23.4 Å². The van der Waals surface area contributed by atoms with Crippen LogP contribution in [-0.2, 0) is 14.3 Å². The first-order valence-corrected chi connectivity index (χ1v) is 10.4. The number of hydrogen-bond donors (Lipinski definition) is 1. The van der Waals surface area contributed by atoms with E-state index >= 15 is 0 Å². The number of nitrogens with one attached hydrogen (secondary N) is 1. The number of rotatable bonds is 5. The van der Waals surface area contributed by atoms with Crippen LogP contribution in [0.2, 0.25) is 5.02 Å². The van der Waals surface area contributed by atoms with Gasteiger partial charge in [-0.15, -0.1) is 0 Å². The Labute approximate surface area is 174 Å². The van der Waals surface area contributed by atoms with Gasteiger partial charge in [-0.05, 0) is 37.8 Å². The van der Waals surface area contributed by atoms with Gasteiger partial charge < -0.3 is 19.5 Å². The molecule has 3 aliphatic rings. The van der Waals surface area contributed by atoms with E-state index in [4.69, 9.17) is 25.8 Å². The van der Waals surface area contributed by atoms with Crippen LogP contribution in [0.5, 0.6) is 11.5 Å². The lowest BCUT2D eigenvalue weighted by Crippen LogP contribution is -2.34. The van der Waals surface area contributed by atoms with E-state index in [1.165, 1.54) is 0 Å². The molecule has 0 bridgehead atoms. The number of halogens is 1. The number of carbonyl (C=O) groups is 2. The zero-order chi connectivity index (χ0) is 20.5. The molecule has 1 atom stereocenters. The van der Waals surface area contributed by atoms with Gasteiger partial charge in [0.15, 0.2) is 17.3 Å². The number of ketones is 1. The zero-order valence-corrected chi connectivity index (χ0v) is 17.4. The number of hydrogen-bond acceptors (Lipinski definition) is 6. The second-order valence-corrected chi connectivity index (χ2v) is 7.89. The van der Waals surface area contributed by atoms with E-state index in [-0.39, 0.29) is 12.6 Å². The third-order valence-electron chi connectivity index (χ3n) is 5.53. The third-order valence-corrected chi connectivity index (χ3v) is 5.86. The summed E-state index contributed by atoms with van der Waals surface area (Å²) in [7, 11) is 0. The number of dihydropyridines is 1. The van der Waals surface area contributed by atoms with Crippen molar-refractivity contribution < 1.29 is 23.8 Å². The maximum atomic E-state index is 13.0. The predicted molar refractivity (Wildman–Crippen MR) is 108 cm³/mol. The Morgan fingerprint density at radius 2 is 2.03 bits per heavy atom.